The predicted molar refractivity (Wildman–Crippen MR) is 147 cm³/mol. The van der Waals surface area contributed by atoms with Gasteiger partial charge in [-0.05, 0) is 41.8 Å². The maximum Gasteiger partial charge on any atom is 0.337 e. The van der Waals surface area contributed by atoms with Gasteiger partial charge in [0.05, 0.1) is 45.5 Å². The molecular weight excluding hydrogens is 482 g/mol. The number of methoxy groups -OCH3 is 2. The zero-order valence-electron chi connectivity index (χ0n) is 22.5. The number of carbonyl (C=O) groups excluding carboxylic acids is 3. The number of nitrogens with one attached hydrogen (secondary N) is 2. The molecule has 1 saturated carbocycles. The van der Waals surface area contributed by atoms with Crippen LogP contribution in [0.15, 0.2) is 60.7 Å². The summed E-state index contributed by atoms with van der Waals surface area (Å²) in [6.45, 7) is 0.843. The summed E-state index contributed by atoms with van der Waals surface area (Å²) in [4.78, 5) is 37.3. The van der Waals surface area contributed by atoms with Crippen molar-refractivity contribution in [2.75, 3.05) is 33.6 Å². The fourth-order valence-electron chi connectivity index (χ4n) is 5.61. The van der Waals surface area contributed by atoms with Crippen LogP contribution >= 0.6 is 0 Å². The van der Waals surface area contributed by atoms with Crippen LogP contribution in [0.4, 0.5) is 10.5 Å². The second-order valence-corrected chi connectivity index (χ2v) is 10.4. The highest BCUT2D eigenvalue weighted by molar-refractivity contribution is 5.99. The topological polar surface area (TPSA) is 93.7 Å². The van der Waals surface area contributed by atoms with Gasteiger partial charge in [0.1, 0.15) is 12.6 Å². The number of fused-ring (bicyclic) bond motifs is 1. The number of esters is 2. The van der Waals surface area contributed by atoms with Gasteiger partial charge in [-0.15, -0.1) is 0 Å². The minimum absolute atomic E-state index is 0.0300. The zero-order valence-corrected chi connectivity index (χ0v) is 22.5. The summed E-state index contributed by atoms with van der Waals surface area (Å²) in [5, 5.41) is 8.46. The summed E-state index contributed by atoms with van der Waals surface area (Å²) in [5.41, 5.74) is 1.89. The SMILES string of the molecule is COC(=O)c1cc(NC(=O)N[C@H]2CCCC[C@@H]2[N+](C)(C)Cc2cccc3ccccc23)cc(C(=O)OC)c1. The van der Waals surface area contributed by atoms with Crippen LogP contribution in [0.1, 0.15) is 52.0 Å². The molecule has 2 atom stereocenters. The summed E-state index contributed by atoms with van der Waals surface area (Å²) in [7, 11) is 6.97. The summed E-state index contributed by atoms with van der Waals surface area (Å²) in [6, 6.07) is 19.0. The molecular formula is C30H36N3O5+. The van der Waals surface area contributed by atoms with Crippen molar-refractivity contribution in [2.24, 2.45) is 0 Å². The van der Waals surface area contributed by atoms with E-state index in [2.05, 4.69) is 67.2 Å². The van der Waals surface area contributed by atoms with Gasteiger partial charge in [0.2, 0.25) is 0 Å². The Hall–Kier alpha value is -3.91. The first kappa shape index (κ1) is 27.1. The molecule has 38 heavy (non-hydrogen) atoms. The van der Waals surface area contributed by atoms with Crippen molar-refractivity contribution in [3.63, 3.8) is 0 Å². The lowest BCUT2D eigenvalue weighted by Gasteiger charge is -2.44. The number of benzene rings is 3. The Labute approximate surface area is 223 Å². The molecule has 3 aromatic rings. The van der Waals surface area contributed by atoms with Gasteiger partial charge in [-0.1, -0.05) is 48.9 Å². The number of ether oxygens (including phenoxy) is 2. The minimum Gasteiger partial charge on any atom is -0.465 e. The number of nitrogens with zero attached hydrogens (tertiary/aromatic N) is 1. The van der Waals surface area contributed by atoms with Crippen LogP contribution in [0.25, 0.3) is 10.8 Å². The molecule has 8 nitrogen and oxygen atoms in total. The van der Waals surface area contributed by atoms with Crippen LogP contribution in [-0.4, -0.2) is 62.9 Å². The Morgan fingerprint density at radius 1 is 0.868 bits per heavy atom. The molecule has 0 aromatic heterocycles. The number of rotatable bonds is 7. The average molecular weight is 519 g/mol. The molecule has 0 aliphatic heterocycles. The average Bonchev–Trinajstić information content (AvgIpc) is 2.92. The van der Waals surface area contributed by atoms with Crippen molar-refractivity contribution in [1.29, 1.82) is 0 Å². The van der Waals surface area contributed by atoms with Crippen LogP contribution in [-0.2, 0) is 16.0 Å². The van der Waals surface area contributed by atoms with E-state index < -0.39 is 11.9 Å². The van der Waals surface area contributed by atoms with Crippen molar-refractivity contribution < 1.29 is 28.3 Å². The van der Waals surface area contributed by atoms with E-state index in [9.17, 15) is 14.4 Å². The largest absolute Gasteiger partial charge is 0.465 e. The fraction of sp³-hybridized carbons (Fsp3) is 0.367. The number of hydrogen-bond acceptors (Lipinski definition) is 5. The van der Waals surface area contributed by atoms with E-state index in [1.807, 2.05) is 0 Å². The Morgan fingerprint density at radius 3 is 2.18 bits per heavy atom. The molecule has 3 aromatic carbocycles. The van der Waals surface area contributed by atoms with Crippen molar-refractivity contribution in [1.82, 2.24) is 5.32 Å². The fourth-order valence-corrected chi connectivity index (χ4v) is 5.61. The summed E-state index contributed by atoms with van der Waals surface area (Å²) in [6.07, 6.45) is 4.04. The molecule has 0 radical (unpaired) electrons. The third-order valence-corrected chi connectivity index (χ3v) is 7.43. The molecule has 2 N–H and O–H groups in total. The molecule has 1 aliphatic carbocycles. The van der Waals surface area contributed by atoms with E-state index in [4.69, 9.17) is 9.47 Å². The molecule has 0 bridgehead atoms. The van der Waals surface area contributed by atoms with E-state index in [1.165, 1.54) is 48.8 Å². The molecule has 1 aliphatic rings. The van der Waals surface area contributed by atoms with Crippen LogP contribution in [0.2, 0.25) is 0 Å². The van der Waals surface area contributed by atoms with Crippen molar-refractivity contribution in [3.05, 3.63) is 77.4 Å². The minimum atomic E-state index is -0.612. The van der Waals surface area contributed by atoms with E-state index in [0.29, 0.717) is 5.69 Å². The van der Waals surface area contributed by atoms with Crippen LogP contribution in [0.5, 0.6) is 0 Å². The second-order valence-electron chi connectivity index (χ2n) is 10.4. The van der Waals surface area contributed by atoms with Crippen molar-refractivity contribution >= 4 is 34.4 Å². The van der Waals surface area contributed by atoms with Gasteiger partial charge < -0.3 is 24.6 Å². The third kappa shape index (κ3) is 6.14. The van der Waals surface area contributed by atoms with Gasteiger partial charge in [0.25, 0.3) is 0 Å². The first-order valence-corrected chi connectivity index (χ1v) is 12.9. The number of anilines is 1. The van der Waals surface area contributed by atoms with Crippen LogP contribution < -0.4 is 10.6 Å². The molecule has 200 valence electrons. The molecule has 1 fully saturated rings. The summed E-state index contributed by atoms with van der Waals surface area (Å²) < 4.78 is 10.3. The van der Waals surface area contributed by atoms with Crippen LogP contribution in [0.3, 0.4) is 0 Å². The predicted octanol–water partition coefficient (Wildman–Crippen LogP) is 5.12. The van der Waals surface area contributed by atoms with Crippen LogP contribution in [0, 0.1) is 0 Å². The molecule has 0 unspecified atom stereocenters. The van der Waals surface area contributed by atoms with Gasteiger partial charge in [-0.3, -0.25) is 0 Å². The highest BCUT2D eigenvalue weighted by atomic mass is 16.5. The summed E-state index contributed by atoms with van der Waals surface area (Å²) >= 11 is 0. The van der Waals surface area contributed by atoms with E-state index in [1.54, 1.807) is 0 Å². The highest BCUT2D eigenvalue weighted by Gasteiger charge is 2.38. The maximum atomic E-state index is 13.1. The lowest BCUT2D eigenvalue weighted by atomic mass is 9.87. The van der Waals surface area contributed by atoms with Gasteiger partial charge >= 0.3 is 18.0 Å². The first-order chi connectivity index (χ1) is 18.2. The Morgan fingerprint density at radius 2 is 1.50 bits per heavy atom. The summed E-state index contributed by atoms with van der Waals surface area (Å²) in [5.74, 6) is -1.22. The Bertz CT molecular complexity index is 1300. The van der Waals surface area contributed by atoms with E-state index in [-0.39, 0.29) is 29.2 Å². The number of likely N-dealkylation sites (N-methyl/N-ethyl adjacent to an activating group) is 1. The lowest BCUT2D eigenvalue weighted by Crippen LogP contribution is -2.60. The van der Waals surface area contributed by atoms with Gasteiger partial charge in [0, 0.05) is 17.7 Å². The number of carbonyl (C=O) groups is 3. The number of amides is 2. The number of hydrogen-bond donors (Lipinski definition) is 2. The Balaban J connectivity index is 1.51. The second kappa shape index (κ2) is 11.6. The molecule has 8 heteroatoms. The standard InChI is InChI=1S/C30H35N3O5/c1-33(2,19-21-12-9-11-20-10-5-6-13-25(20)21)27-15-8-7-14-26(27)32-30(36)31-24-17-22(28(34)37-3)16-23(18-24)29(35)38-4/h5-6,9-13,16-18,26-27H,7-8,14-15,19H2,1-4H3,(H-,31,32,36)/p+1/t26-,27-/m0/s1. The molecule has 0 heterocycles. The van der Waals surface area contributed by atoms with Gasteiger partial charge in [0.15, 0.2) is 0 Å². The van der Waals surface area contributed by atoms with E-state index >= 15 is 0 Å². The van der Waals surface area contributed by atoms with Gasteiger partial charge in [-0.2, -0.15) is 0 Å². The number of quaternary nitrogens is 1. The molecule has 0 spiro atoms. The van der Waals surface area contributed by atoms with Crippen molar-refractivity contribution in [2.45, 2.75) is 44.3 Å². The lowest BCUT2D eigenvalue weighted by molar-refractivity contribution is -0.930. The number of urea groups is 1. The Kier molecular flexibility index (Phi) is 8.32. The smallest absolute Gasteiger partial charge is 0.337 e. The third-order valence-electron chi connectivity index (χ3n) is 7.43. The normalized spacial score (nSPS) is 17.5. The first-order valence-electron chi connectivity index (χ1n) is 12.9. The van der Waals surface area contributed by atoms with Crippen molar-refractivity contribution in [3.8, 4) is 0 Å². The monoisotopic (exact) mass is 518 g/mol. The highest BCUT2D eigenvalue weighted by Crippen LogP contribution is 2.30. The zero-order chi connectivity index (χ0) is 27.3. The molecule has 2 amide bonds. The van der Waals surface area contributed by atoms with Gasteiger partial charge in [-0.25, -0.2) is 14.4 Å². The molecule has 0 saturated heterocycles. The van der Waals surface area contributed by atoms with E-state index in [0.717, 1.165) is 36.7 Å². The quantitative estimate of drug-likeness (QED) is 0.334. The molecule has 4 rings (SSSR count). The maximum absolute atomic E-state index is 13.1.